The number of unbranched alkanes of at least 4 members (excludes halogenated alkanes) is 3. The van der Waals surface area contributed by atoms with Crippen LogP contribution in [-0.4, -0.2) is 34.9 Å². The van der Waals surface area contributed by atoms with E-state index in [0.29, 0.717) is 12.8 Å². The molecule has 0 aromatic heterocycles. The van der Waals surface area contributed by atoms with Gasteiger partial charge < -0.3 is 10.8 Å². The van der Waals surface area contributed by atoms with Crippen LogP contribution in [0.2, 0.25) is 0 Å². The van der Waals surface area contributed by atoms with Crippen LogP contribution in [0.25, 0.3) is 0 Å². The first-order valence-corrected chi connectivity index (χ1v) is 4.91. The van der Waals surface area contributed by atoms with Crippen molar-refractivity contribution in [1.82, 2.24) is 5.01 Å². The standard InChI is InChI=1S/C9H17N3O3/c1-2-3-4-5-6-12(9(10)15)11-7-8(13)14/h7H,2-6H2,1H3,(H2,10,15)(H,13,14). The normalized spacial score (nSPS) is 10.5. The van der Waals surface area contributed by atoms with Gasteiger partial charge in [0.05, 0.1) is 0 Å². The summed E-state index contributed by atoms with van der Waals surface area (Å²) in [6.45, 7) is 2.44. The number of amides is 2. The van der Waals surface area contributed by atoms with Crippen LogP contribution in [0, 0.1) is 0 Å². The summed E-state index contributed by atoms with van der Waals surface area (Å²) in [4.78, 5) is 21.0. The van der Waals surface area contributed by atoms with Gasteiger partial charge >= 0.3 is 12.0 Å². The quantitative estimate of drug-likeness (QED) is 0.377. The third-order valence-corrected chi connectivity index (χ3v) is 1.79. The summed E-state index contributed by atoms with van der Waals surface area (Å²) in [5.41, 5.74) is 5.02. The van der Waals surface area contributed by atoms with E-state index in [1.165, 1.54) is 0 Å². The van der Waals surface area contributed by atoms with Crippen molar-refractivity contribution in [3.63, 3.8) is 0 Å². The molecule has 0 spiro atoms. The van der Waals surface area contributed by atoms with Gasteiger partial charge in [-0.2, -0.15) is 5.10 Å². The number of nitrogens with two attached hydrogens (primary N) is 1. The fourth-order valence-corrected chi connectivity index (χ4v) is 1.03. The minimum atomic E-state index is -1.20. The van der Waals surface area contributed by atoms with Crippen LogP contribution in [-0.2, 0) is 4.79 Å². The number of carboxylic acid groups (broad SMARTS) is 1. The first-order chi connectivity index (χ1) is 7.07. The molecule has 2 amide bonds. The zero-order valence-electron chi connectivity index (χ0n) is 8.85. The SMILES string of the molecule is CCCCCCN(N=CC(=O)O)C(N)=O. The smallest absolute Gasteiger partial charge is 0.348 e. The zero-order valence-corrected chi connectivity index (χ0v) is 8.85. The van der Waals surface area contributed by atoms with Crippen molar-refractivity contribution >= 4 is 18.2 Å². The van der Waals surface area contributed by atoms with Crippen LogP contribution in [0.4, 0.5) is 4.79 Å². The molecule has 0 saturated heterocycles. The fourth-order valence-electron chi connectivity index (χ4n) is 1.03. The highest BCUT2D eigenvalue weighted by Crippen LogP contribution is 2.01. The van der Waals surface area contributed by atoms with E-state index < -0.39 is 12.0 Å². The van der Waals surface area contributed by atoms with Gasteiger partial charge in [-0.05, 0) is 6.42 Å². The largest absolute Gasteiger partial charge is 0.477 e. The number of carbonyl (C=O) groups is 2. The van der Waals surface area contributed by atoms with Gasteiger partial charge in [-0.25, -0.2) is 14.6 Å². The topological polar surface area (TPSA) is 96.0 Å². The number of nitrogens with zero attached hydrogens (tertiary/aromatic N) is 2. The second kappa shape index (κ2) is 7.78. The van der Waals surface area contributed by atoms with Gasteiger partial charge in [0, 0.05) is 6.54 Å². The van der Waals surface area contributed by atoms with E-state index in [1.54, 1.807) is 0 Å². The number of hydrogen-bond donors (Lipinski definition) is 2. The predicted octanol–water partition coefficient (Wildman–Crippen LogP) is 1.02. The molecule has 0 unspecified atom stereocenters. The average molecular weight is 215 g/mol. The lowest BCUT2D eigenvalue weighted by Crippen LogP contribution is -2.32. The molecule has 0 atom stereocenters. The Balaban J connectivity index is 3.95. The van der Waals surface area contributed by atoms with Crippen LogP contribution < -0.4 is 5.73 Å². The van der Waals surface area contributed by atoms with Gasteiger partial charge in [-0.1, -0.05) is 26.2 Å². The highest BCUT2D eigenvalue weighted by molar-refractivity contribution is 6.22. The van der Waals surface area contributed by atoms with Crippen LogP contribution >= 0.6 is 0 Å². The summed E-state index contributed by atoms with van der Waals surface area (Å²) in [5, 5.41) is 12.7. The molecule has 3 N–H and O–H groups in total. The lowest BCUT2D eigenvalue weighted by Gasteiger charge is -2.13. The van der Waals surface area contributed by atoms with E-state index in [-0.39, 0.29) is 0 Å². The lowest BCUT2D eigenvalue weighted by atomic mass is 10.2. The molecule has 0 fully saturated rings. The van der Waals surface area contributed by atoms with E-state index in [0.717, 1.165) is 30.7 Å². The maximum absolute atomic E-state index is 10.8. The number of carboxylic acids is 1. The van der Waals surface area contributed by atoms with Crippen molar-refractivity contribution in [3.8, 4) is 0 Å². The number of urea groups is 1. The minimum absolute atomic E-state index is 0.360. The van der Waals surface area contributed by atoms with Crippen molar-refractivity contribution in [2.24, 2.45) is 10.8 Å². The number of hydrogen-bond acceptors (Lipinski definition) is 3. The Bertz CT molecular complexity index is 241. The molecule has 86 valence electrons. The summed E-state index contributed by atoms with van der Waals surface area (Å²) < 4.78 is 0. The Morgan fingerprint density at radius 3 is 2.53 bits per heavy atom. The molecule has 0 saturated carbocycles. The third-order valence-electron chi connectivity index (χ3n) is 1.79. The Kier molecular flexibility index (Phi) is 6.96. The first kappa shape index (κ1) is 13.4. The summed E-state index contributed by atoms with van der Waals surface area (Å²) >= 11 is 0. The molecule has 0 aromatic carbocycles. The minimum Gasteiger partial charge on any atom is -0.477 e. The second-order valence-electron chi connectivity index (χ2n) is 3.10. The Morgan fingerprint density at radius 2 is 2.07 bits per heavy atom. The van der Waals surface area contributed by atoms with E-state index in [2.05, 4.69) is 12.0 Å². The highest BCUT2D eigenvalue weighted by atomic mass is 16.4. The molecule has 6 heteroatoms. The third kappa shape index (κ3) is 7.48. The Labute approximate surface area is 88.7 Å². The predicted molar refractivity (Wildman–Crippen MR) is 56.6 cm³/mol. The summed E-state index contributed by atoms with van der Waals surface area (Å²) in [6, 6.07) is -0.732. The van der Waals surface area contributed by atoms with Crippen molar-refractivity contribution in [2.45, 2.75) is 32.6 Å². The average Bonchev–Trinajstić information content (AvgIpc) is 2.15. The zero-order chi connectivity index (χ0) is 11.7. The van der Waals surface area contributed by atoms with E-state index >= 15 is 0 Å². The molecule has 0 rings (SSSR count). The fraction of sp³-hybridized carbons (Fsp3) is 0.667. The second-order valence-corrected chi connectivity index (χ2v) is 3.10. The van der Waals surface area contributed by atoms with Crippen LogP contribution in [0.1, 0.15) is 32.6 Å². The molecular weight excluding hydrogens is 198 g/mol. The monoisotopic (exact) mass is 215 g/mol. The molecule has 15 heavy (non-hydrogen) atoms. The summed E-state index contributed by atoms with van der Waals surface area (Å²) in [6.07, 6.45) is 4.57. The molecule has 0 aliphatic heterocycles. The van der Waals surface area contributed by atoms with Crippen LogP contribution in [0.5, 0.6) is 0 Å². The molecular formula is C9H17N3O3. The summed E-state index contributed by atoms with van der Waals surface area (Å²) in [7, 11) is 0. The highest BCUT2D eigenvalue weighted by Gasteiger charge is 2.06. The number of carbonyl (C=O) groups excluding carboxylic acids is 1. The van der Waals surface area contributed by atoms with E-state index in [4.69, 9.17) is 10.8 Å². The molecule has 0 aliphatic carbocycles. The van der Waals surface area contributed by atoms with Crippen molar-refractivity contribution in [2.75, 3.05) is 6.54 Å². The number of primary amides is 1. The Morgan fingerprint density at radius 1 is 1.40 bits per heavy atom. The lowest BCUT2D eigenvalue weighted by molar-refractivity contribution is -0.128. The van der Waals surface area contributed by atoms with Crippen LogP contribution in [0.3, 0.4) is 0 Å². The van der Waals surface area contributed by atoms with E-state index in [1.807, 2.05) is 0 Å². The molecule has 0 aliphatic rings. The van der Waals surface area contributed by atoms with Gasteiger partial charge in [0.1, 0.15) is 6.21 Å². The van der Waals surface area contributed by atoms with Crippen molar-refractivity contribution in [1.29, 1.82) is 0 Å². The molecule has 0 bridgehead atoms. The van der Waals surface area contributed by atoms with Gasteiger partial charge in [0.15, 0.2) is 0 Å². The molecule has 0 heterocycles. The molecule has 6 nitrogen and oxygen atoms in total. The van der Waals surface area contributed by atoms with Gasteiger partial charge in [0.25, 0.3) is 0 Å². The van der Waals surface area contributed by atoms with Gasteiger partial charge in [-0.15, -0.1) is 0 Å². The summed E-state index contributed by atoms with van der Waals surface area (Å²) in [5.74, 6) is -1.20. The maximum atomic E-state index is 10.8. The number of aliphatic carboxylic acids is 1. The van der Waals surface area contributed by atoms with Crippen molar-refractivity contribution < 1.29 is 14.7 Å². The molecule has 0 aromatic rings. The molecule has 0 radical (unpaired) electrons. The van der Waals surface area contributed by atoms with Gasteiger partial charge in [0.2, 0.25) is 0 Å². The number of hydrazone groups is 1. The first-order valence-electron chi connectivity index (χ1n) is 4.91. The van der Waals surface area contributed by atoms with Crippen LogP contribution in [0.15, 0.2) is 5.10 Å². The Hall–Kier alpha value is -1.59. The van der Waals surface area contributed by atoms with Gasteiger partial charge in [-0.3, -0.25) is 0 Å². The maximum Gasteiger partial charge on any atom is 0.348 e. The van der Waals surface area contributed by atoms with Crippen molar-refractivity contribution in [3.05, 3.63) is 0 Å². The van der Waals surface area contributed by atoms with E-state index in [9.17, 15) is 9.59 Å². The number of rotatable bonds is 7.